The molecule has 1 amide bonds. The van der Waals surface area contributed by atoms with Crippen LogP contribution in [0, 0.1) is 11.3 Å². The molecule has 1 unspecified atom stereocenters. The molecule has 30 heavy (non-hydrogen) atoms. The molecule has 160 valence electrons. The second-order valence-corrected chi connectivity index (χ2v) is 8.78. The third-order valence-electron chi connectivity index (χ3n) is 5.78. The van der Waals surface area contributed by atoms with Gasteiger partial charge in [-0.2, -0.15) is 5.26 Å². The molecule has 1 atom stereocenters. The molecular formula is C21H26BrN5O3. The molecule has 0 spiro atoms. The molecule has 4 rings (SSSR count). The number of nitrogens with zero attached hydrogens (tertiary/aromatic N) is 3. The van der Waals surface area contributed by atoms with Crippen LogP contribution in [0.5, 0.6) is 0 Å². The number of carbonyl (C=O) groups is 1. The molecule has 9 heteroatoms. The molecule has 2 saturated heterocycles. The van der Waals surface area contributed by atoms with Crippen molar-refractivity contribution in [2.75, 3.05) is 38.6 Å². The standard InChI is InChI=1S/C21H26BrN5O3/c1-27-8-5-13(6-9-27)25-20-17(22)16-11-15(12-23)30-19(16)18(26-20)21(28)24-7-4-14-3-2-10-29-14/h11,13-14H,2-10H2,1H3,(H,24,28)(H,25,26). The molecule has 4 heterocycles. The van der Waals surface area contributed by atoms with Gasteiger partial charge < -0.3 is 24.7 Å². The van der Waals surface area contributed by atoms with Gasteiger partial charge in [0, 0.05) is 30.6 Å². The maximum atomic E-state index is 12.9. The van der Waals surface area contributed by atoms with Crippen molar-refractivity contribution in [1.29, 1.82) is 5.26 Å². The highest BCUT2D eigenvalue weighted by molar-refractivity contribution is 9.10. The van der Waals surface area contributed by atoms with Crippen molar-refractivity contribution in [3.8, 4) is 6.07 Å². The second-order valence-electron chi connectivity index (χ2n) is 7.99. The monoisotopic (exact) mass is 475 g/mol. The highest BCUT2D eigenvalue weighted by atomic mass is 79.9. The van der Waals surface area contributed by atoms with E-state index in [-0.39, 0.29) is 29.5 Å². The third kappa shape index (κ3) is 4.61. The summed E-state index contributed by atoms with van der Waals surface area (Å²) in [6.45, 7) is 3.33. The maximum Gasteiger partial charge on any atom is 0.273 e. The summed E-state index contributed by atoms with van der Waals surface area (Å²) in [6, 6.07) is 3.93. The van der Waals surface area contributed by atoms with E-state index in [4.69, 9.17) is 9.15 Å². The number of rotatable bonds is 6. The summed E-state index contributed by atoms with van der Waals surface area (Å²) in [5.74, 6) is 0.444. The first-order valence-corrected chi connectivity index (χ1v) is 11.2. The summed E-state index contributed by atoms with van der Waals surface area (Å²) in [4.78, 5) is 19.8. The van der Waals surface area contributed by atoms with Gasteiger partial charge in [-0.15, -0.1) is 0 Å². The Morgan fingerprint density at radius 1 is 1.40 bits per heavy atom. The normalized spacial score (nSPS) is 20.4. The number of fused-ring (bicyclic) bond motifs is 1. The molecule has 2 aliphatic heterocycles. The Morgan fingerprint density at radius 2 is 2.20 bits per heavy atom. The Hall–Kier alpha value is -2.15. The van der Waals surface area contributed by atoms with Crippen molar-refractivity contribution in [3.05, 3.63) is 22.0 Å². The Bertz CT molecular complexity index is 956. The number of nitrogens with one attached hydrogen (secondary N) is 2. The predicted octanol–water partition coefficient (Wildman–Crippen LogP) is 3.27. The summed E-state index contributed by atoms with van der Waals surface area (Å²) >= 11 is 3.59. The van der Waals surface area contributed by atoms with Crippen molar-refractivity contribution in [2.45, 2.75) is 44.2 Å². The van der Waals surface area contributed by atoms with Crippen LogP contribution >= 0.6 is 15.9 Å². The molecule has 0 bridgehead atoms. The van der Waals surface area contributed by atoms with Crippen LogP contribution in [-0.2, 0) is 4.74 Å². The van der Waals surface area contributed by atoms with Crippen LogP contribution in [0.25, 0.3) is 11.0 Å². The van der Waals surface area contributed by atoms with Gasteiger partial charge in [0.15, 0.2) is 11.3 Å². The van der Waals surface area contributed by atoms with Crippen molar-refractivity contribution in [1.82, 2.24) is 15.2 Å². The summed E-state index contributed by atoms with van der Waals surface area (Å²) in [5, 5.41) is 16.3. The van der Waals surface area contributed by atoms with Gasteiger partial charge in [-0.05, 0) is 68.2 Å². The summed E-state index contributed by atoms with van der Waals surface area (Å²) in [7, 11) is 2.12. The molecule has 2 N–H and O–H groups in total. The lowest BCUT2D eigenvalue weighted by Crippen LogP contribution is -2.37. The SMILES string of the molecule is CN1CCC(Nc2nc(C(=O)NCCC3CCCO3)c3oc(C#N)cc3c2Br)CC1. The van der Waals surface area contributed by atoms with Crippen LogP contribution in [0.15, 0.2) is 15.0 Å². The van der Waals surface area contributed by atoms with E-state index in [1.54, 1.807) is 6.07 Å². The molecule has 0 aliphatic carbocycles. The van der Waals surface area contributed by atoms with Crippen molar-refractivity contribution < 1.29 is 13.9 Å². The maximum absolute atomic E-state index is 12.9. The summed E-state index contributed by atoms with van der Waals surface area (Å²) in [5.41, 5.74) is 0.513. The van der Waals surface area contributed by atoms with Crippen LogP contribution in [0.1, 0.15) is 48.4 Å². The topological polar surface area (TPSA) is 103 Å². The van der Waals surface area contributed by atoms with Gasteiger partial charge >= 0.3 is 0 Å². The molecular weight excluding hydrogens is 450 g/mol. The summed E-state index contributed by atoms with van der Waals surface area (Å²) < 4.78 is 11.9. The number of halogens is 1. The van der Waals surface area contributed by atoms with Crippen LogP contribution < -0.4 is 10.6 Å². The van der Waals surface area contributed by atoms with Gasteiger partial charge in [-0.1, -0.05) is 0 Å². The molecule has 0 aromatic carbocycles. The average Bonchev–Trinajstić information content (AvgIpc) is 3.41. The molecule has 2 fully saturated rings. The van der Waals surface area contributed by atoms with E-state index in [1.165, 1.54) is 0 Å². The number of amides is 1. The number of carbonyl (C=O) groups excluding carboxylic acids is 1. The number of pyridine rings is 1. The van der Waals surface area contributed by atoms with Crippen LogP contribution in [0.2, 0.25) is 0 Å². The first kappa shape index (κ1) is 21.1. The van der Waals surface area contributed by atoms with E-state index < -0.39 is 0 Å². The van der Waals surface area contributed by atoms with Crippen LogP contribution in [0.4, 0.5) is 5.82 Å². The molecule has 8 nitrogen and oxygen atoms in total. The second kappa shape index (κ2) is 9.33. The Labute approximate surface area is 184 Å². The van der Waals surface area contributed by atoms with Crippen molar-refractivity contribution in [2.24, 2.45) is 0 Å². The average molecular weight is 476 g/mol. The van der Waals surface area contributed by atoms with Gasteiger partial charge in [-0.3, -0.25) is 4.79 Å². The zero-order valence-electron chi connectivity index (χ0n) is 17.0. The Kier molecular flexibility index (Phi) is 6.56. The largest absolute Gasteiger partial charge is 0.443 e. The quantitative estimate of drug-likeness (QED) is 0.660. The number of ether oxygens (including phenoxy) is 1. The number of aromatic nitrogens is 1. The first-order chi connectivity index (χ1) is 14.5. The van der Waals surface area contributed by atoms with Gasteiger partial charge in [0.05, 0.1) is 10.6 Å². The lowest BCUT2D eigenvalue weighted by molar-refractivity contribution is 0.0904. The van der Waals surface area contributed by atoms with Crippen LogP contribution in [-0.4, -0.2) is 61.2 Å². The lowest BCUT2D eigenvalue weighted by Gasteiger charge is -2.30. The fourth-order valence-corrected chi connectivity index (χ4v) is 4.52. The van der Waals surface area contributed by atoms with Crippen LogP contribution in [0.3, 0.4) is 0 Å². The number of furan rings is 1. The van der Waals surface area contributed by atoms with E-state index in [9.17, 15) is 10.1 Å². The van der Waals surface area contributed by atoms with Crippen molar-refractivity contribution in [3.63, 3.8) is 0 Å². The van der Waals surface area contributed by atoms with E-state index in [0.29, 0.717) is 27.8 Å². The van der Waals surface area contributed by atoms with E-state index in [2.05, 4.69) is 43.5 Å². The van der Waals surface area contributed by atoms with Gasteiger partial charge in [-0.25, -0.2) is 4.98 Å². The molecule has 0 radical (unpaired) electrons. The highest BCUT2D eigenvalue weighted by Gasteiger charge is 2.25. The minimum atomic E-state index is -0.309. The third-order valence-corrected chi connectivity index (χ3v) is 6.58. The number of hydrogen-bond acceptors (Lipinski definition) is 7. The predicted molar refractivity (Wildman–Crippen MR) is 116 cm³/mol. The first-order valence-electron chi connectivity index (χ1n) is 10.4. The van der Waals surface area contributed by atoms with Gasteiger partial charge in [0.2, 0.25) is 5.76 Å². The number of nitriles is 1. The zero-order chi connectivity index (χ0) is 21.1. The van der Waals surface area contributed by atoms with Crippen molar-refractivity contribution >= 4 is 38.6 Å². The smallest absolute Gasteiger partial charge is 0.273 e. The molecule has 2 aromatic heterocycles. The number of hydrogen-bond donors (Lipinski definition) is 2. The Morgan fingerprint density at radius 3 is 2.90 bits per heavy atom. The fraction of sp³-hybridized carbons (Fsp3) is 0.571. The molecule has 2 aromatic rings. The Balaban J connectivity index is 1.56. The number of piperidine rings is 1. The highest BCUT2D eigenvalue weighted by Crippen LogP contribution is 2.35. The van der Waals surface area contributed by atoms with Gasteiger partial charge in [0.25, 0.3) is 5.91 Å². The lowest BCUT2D eigenvalue weighted by atomic mass is 10.1. The minimum Gasteiger partial charge on any atom is -0.443 e. The van der Waals surface area contributed by atoms with E-state index in [0.717, 1.165) is 51.8 Å². The number of likely N-dealkylation sites (tertiary alicyclic amines) is 1. The zero-order valence-corrected chi connectivity index (χ0v) is 18.6. The summed E-state index contributed by atoms with van der Waals surface area (Å²) in [6.07, 6.45) is 5.08. The van der Waals surface area contributed by atoms with E-state index >= 15 is 0 Å². The molecule has 2 aliphatic rings. The van der Waals surface area contributed by atoms with E-state index in [1.807, 2.05) is 6.07 Å². The van der Waals surface area contributed by atoms with Gasteiger partial charge in [0.1, 0.15) is 11.9 Å². The fourth-order valence-electron chi connectivity index (χ4n) is 4.02. The number of anilines is 1. The molecule has 0 saturated carbocycles. The minimum absolute atomic E-state index is 0.150.